The maximum Gasteiger partial charge on any atom is 0.416 e. The van der Waals surface area contributed by atoms with Crippen LogP contribution in [0.4, 0.5) is 13.2 Å². The van der Waals surface area contributed by atoms with E-state index in [-0.39, 0.29) is 61.5 Å². The lowest BCUT2D eigenvalue weighted by Crippen LogP contribution is -2.64. The number of aromatic hydroxyl groups is 1. The van der Waals surface area contributed by atoms with Crippen molar-refractivity contribution in [3.63, 3.8) is 0 Å². The first-order chi connectivity index (χ1) is 50.7. The summed E-state index contributed by atoms with van der Waals surface area (Å²) in [5, 5.41) is 58.7. The zero-order valence-corrected chi connectivity index (χ0v) is 63.3. The molecule has 1 saturated heterocycles. The molecule has 586 valence electrons. The number of amides is 12. The second-order valence-corrected chi connectivity index (χ2v) is 31.2. The summed E-state index contributed by atoms with van der Waals surface area (Å²) >= 11 is 2.63. The van der Waals surface area contributed by atoms with Crippen molar-refractivity contribution in [1.29, 1.82) is 0 Å². The highest BCUT2D eigenvalue weighted by atomic mass is 32.2. The van der Waals surface area contributed by atoms with E-state index in [1.165, 1.54) is 101 Å². The van der Waals surface area contributed by atoms with E-state index < -0.39 is 179 Å². The van der Waals surface area contributed by atoms with Gasteiger partial charge in [-0.15, -0.1) is 0 Å². The van der Waals surface area contributed by atoms with Gasteiger partial charge in [-0.2, -0.15) is 36.7 Å². The third-order valence-electron chi connectivity index (χ3n) is 18.2. The molecule has 0 aliphatic carbocycles. The number of alkyl halides is 3. The summed E-state index contributed by atoms with van der Waals surface area (Å²) in [6.07, 6.45) is -6.07. The van der Waals surface area contributed by atoms with Gasteiger partial charge in [0.15, 0.2) is 0 Å². The van der Waals surface area contributed by atoms with Crippen LogP contribution in [0.1, 0.15) is 122 Å². The van der Waals surface area contributed by atoms with Gasteiger partial charge in [-0.25, -0.2) is 4.98 Å². The van der Waals surface area contributed by atoms with Crippen LogP contribution in [0.3, 0.4) is 0 Å². The fourth-order valence-corrected chi connectivity index (χ4v) is 14.0. The Balaban J connectivity index is 1.21. The normalized spacial score (nSPS) is 24.7. The number of nitrogens with zero attached hydrogens (tertiary/aromatic N) is 2. The molecule has 2 aliphatic rings. The summed E-state index contributed by atoms with van der Waals surface area (Å²) in [4.78, 5) is 180. The molecule has 5 aromatic rings. The summed E-state index contributed by atoms with van der Waals surface area (Å²) in [7, 11) is 0. The third-order valence-corrected chi connectivity index (χ3v) is 20.4. The highest BCUT2D eigenvalue weighted by Gasteiger charge is 2.44. The smallest absolute Gasteiger partial charge is 0.416 e. The Bertz CT molecular complexity index is 4080. The van der Waals surface area contributed by atoms with Crippen LogP contribution in [0, 0.1) is 11.3 Å². The molecule has 16 N–H and O–H groups in total. The van der Waals surface area contributed by atoms with Crippen LogP contribution in [0.15, 0.2) is 97.3 Å². The number of halogens is 3. The molecule has 34 heteroatoms. The zero-order valence-electron chi connectivity index (χ0n) is 61.7. The number of rotatable bonds is 10. The second kappa shape index (κ2) is 37.8. The number of fused-ring (bicyclic) bond motifs is 4. The zero-order chi connectivity index (χ0) is 79.7. The van der Waals surface area contributed by atoms with Crippen LogP contribution in [-0.4, -0.2) is 197 Å². The van der Waals surface area contributed by atoms with Crippen molar-refractivity contribution >= 4 is 105 Å². The van der Waals surface area contributed by atoms with Crippen LogP contribution < -0.4 is 58.9 Å². The second-order valence-electron chi connectivity index (χ2n) is 29.0. The van der Waals surface area contributed by atoms with Crippen LogP contribution >= 0.6 is 23.5 Å². The van der Waals surface area contributed by atoms with E-state index in [4.69, 9.17) is 5.73 Å². The number of hydrogen-bond donors (Lipinski definition) is 15. The highest BCUT2D eigenvalue weighted by molar-refractivity contribution is 7.98. The molecule has 0 saturated carbocycles. The molecule has 2 aliphatic heterocycles. The number of thioether (sulfide) groups is 2. The van der Waals surface area contributed by atoms with Crippen LogP contribution in [-0.2, 0) is 94.5 Å². The molecular formula is C74H97F3N14O15S2. The molecular weight excluding hydrogens is 1450 g/mol. The minimum absolute atomic E-state index is 0.0240. The average Bonchev–Trinajstić information content (AvgIpc) is 1.48. The molecule has 0 radical (unpaired) electrons. The lowest BCUT2D eigenvalue weighted by atomic mass is 9.85. The Hall–Kier alpha value is -9.80. The SMILES string of the molecule is CC(C)C1NC(=O)[C@H](Cc2ccc(O)cc2)NC(=O)[C@H](C)NC(=O)C(C)(C)NC(=O)[C@H](Cc2c[nH]c3ncccc23)NC(=O)[C@H]([C@@H](C)O)NC(=O)[C@@H]2CCCN2C(=O)[C@H](Cc2cccc(C(F)(F)F)c2)NC(=O)C(C(C)(C)C)NC(=O)CCSCc2cccc(c2)CSC[C@H](C(N)=O)NC(=O)C([C@H](C)O)NC1=O. The van der Waals surface area contributed by atoms with Crippen molar-refractivity contribution in [2.75, 3.05) is 18.1 Å². The number of aromatic nitrogens is 2. The van der Waals surface area contributed by atoms with E-state index in [0.717, 1.165) is 34.2 Å². The first-order valence-corrected chi connectivity index (χ1v) is 37.6. The number of carbonyl (C=O) groups excluding carboxylic acids is 12. The van der Waals surface area contributed by atoms with E-state index in [9.17, 15) is 81.2 Å². The van der Waals surface area contributed by atoms with E-state index in [0.29, 0.717) is 33.7 Å². The fraction of sp³-hybridized carbons (Fsp3) is 0.500. The number of benzene rings is 3. The summed E-state index contributed by atoms with van der Waals surface area (Å²) in [6, 6.07) is 5.10. The largest absolute Gasteiger partial charge is 0.508 e. The Morgan fingerprint density at radius 3 is 1.86 bits per heavy atom. The van der Waals surface area contributed by atoms with E-state index in [2.05, 4.69) is 63.1 Å². The van der Waals surface area contributed by atoms with Gasteiger partial charge in [-0.05, 0) is 117 Å². The third kappa shape index (κ3) is 24.1. The Labute approximate surface area is 631 Å². The highest BCUT2D eigenvalue weighted by Crippen LogP contribution is 2.31. The van der Waals surface area contributed by atoms with Crippen LogP contribution in [0.5, 0.6) is 5.75 Å². The van der Waals surface area contributed by atoms with Gasteiger partial charge in [-0.1, -0.05) is 89.2 Å². The van der Waals surface area contributed by atoms with E-state index in [1.54, 1.807) is 52.8 Å². The molecule has 12 amide bonds. The lowest BCUT2D eigenvalue weighted by Gasteiger charge is -2.34. The van der Waals surface area contributed by atoms with E-state index >= 15 is 4.79 Å². The average molecular weight is 1540 g/mol. The molecule has 2 aromatic heterocycles. The number of nitrogens with two attached hydrogens (primary N) is 1. The first kappa shape index (κ1) is 85.4. The first-order valence-electron chi connectivity index (χ1n) is 35.3. The number of pyridine rings is 1. The number of phenols is 1. The molecule has 108 heavy (non-hydrogen) atoms. The Kier molecular flexibility index (Phi) is 29.9. The van der Waals surface area contributed by atoms with Crippen molar-refractivity contribution in [1.82, 2.24) is 68.0 Å². The summed E-state index contributed by atoms with van der Waals surface area (Å²) < 4.78 is 42.5. The number of aliphatic hydroxyl groups excluding tert-OH is 2. The number of hydrogen-bond acceptors (Lipinski definition) is 18. The number of phenolic OH excluding ortho intramolecular Hbond substituents is 1. The van der Waals surface area contributed by atoms with Gasteiger partial charge < -0.3 is 84.1 Å². The number of aliphatic hydroxyl groups is 2. The van der Waals surface area contributed by atoms with Crippen molar-refractivity contribution in [3.8, 4) is 5.75 Å². The van der Waals surface area contributed by atoms with Gasteiger partial charge in [0.2, 0.25) is 70.9 Å². The van der Waals surface area contributed by atoms with Gasteiger partial charge in [0.25, 0.3) is 0 Å². The molecule has 29 nitrogen and oxygen atoms in total. The predicted molar refractivity (Wildman–Crippen MR) is 397 cm³/mol. The van der Waals surface area contributed by atoms with Crippen LogP contribution in [0.2, 0.25) is 0 Å². The van der Waals surface area contributed by atoms with Crippen molar-refractivity contribution in [2.45, 2.75) is 204 Å². The number of carbonyl (C=O) groups is 12. The number of primary amides is 1. The standard InChI is InChI=1S/C74H97F3N14O15S2/c1-38(2)56-66(101)89-58(41(5)93)68(103)85-53(60(78)96)37-108-36-45-17-11-16-44(29-45)35-107-28-25-55(95)86-59(72(6,7)8)69(104)84-52(32-43-15-12-18-47(30-43)74(75,76)77)70(105)91-27-14-20-54(91)65(100)88-57(40(4)92)67(102)83-51(33-46-34-80-61-49(46)19-13-26-79-61)64(99)90-73(9,10)71(106)81-39(3)62(97)82-50(63(98)87-56)31-42-21-23-48(94)24-22-42/h11-13,15-19,21-24,26,29-30,34,38-41,50-54,56-59,92-94H,14,20,25,27-28,31-33,35-37H2,1-10H3,(H2,78,96)(H,79,80)(H,81,106)(H,82,97)(H,83,102)(H,84,104)(H,85,103)(H,86,95)(H,87,98)(H,88,100)(H,89,101)(H,90,99)/t39-,40+,41-,50-,51-,52-,53+,54-,56?,57-,58?,59?/m0/s1. The molecule has 3 unspecified atom stereocenters. The Morgan fingerprint density at radius 1 is 0.648 bits per heavy atom. The van der Waals surface area contributed by atoms with Gasteiger partial charge in [0.1, 0.15) is 77.4 Å². The molecule has 1 fully saturated rings. The minimum atomic E-state index is -4.80. The quantitative estimate of drug-likeness (QED) is 0.0952. The molecule has 0 spiro atoms. The number of H-pyrrole nitrogens is 1. The van der Waals surface area contributed by atoms with E-state index in [1.807, 2.05) is 18.2 Å². The van der Waals surface area contributed by atoms with Crippen molar-refractivity contribution in [2.24, 2.45) is 17.1 Å². The summed E-state index contributed by atoms with van der Waals surface area (Å²) in [5.74, 6) is -11.0. The molecule has 3 aromatic carbocycles. The topological polar surface area (TPSA) is 444 Å². The minimum Gasteiger partial charge on any atom is -0.508 e. The molecule has 4 heterocycles. The van der Waals surface area contributed by atoms with Crippen molar-refractivity contribution < 1.29 is 86.0 Å². The molecule has 2 bridgehead atoms. The fourth-order valence-electron chi connectivity index (χ4n) is 12.1. The van der Waals surface area contributed by atoms with Crippen molar-refractivity contribution in [3.05, 3.63) is 131 Å². The predicted octanol–water partition coefficient (Wildman–Crippen LogP) is 2.10. The number of nitrogens with one attached hydrogen (secondary N) is 11. The van der Waals surface area contributed by atoms with Gasteiger partial charge in [-0.3, -0.25) is 57.5 Å². The van der Waals surface area contributed by atoms with Gasteiger partial charge in [0, 0.05) is 73.0 Å². The summed E-state index contributed by atoms with van der Waals surface area (Å²) in [5.41, 5.74) is 4.63. The number of aromatic amines is 1. The maximum atomic E-state index is 15.1. The van der Waals surface area contributed by atoms with Gasteiger partial charge in [0.05, 0.1) is 17.8 Å². The van der Waals surface area contributed by atoms with Gasteiger partial charge >= 0.3 is 6.18 Å². The summed E-state index contributed by atoms with van der Waals surface area (Å²) in [6.45, 7) is 14.2. The molecule has 7 rings (SSSR count). The lowest BCUT2D eigenvalue weighted by molar-refractivity contribution is -0.143. The molecule has 12 atom stereocenters. The van der Waals surface area contributed by atoms with Crippen LogP contribution in [0.25, 0.3) is 11.0 Å². The maximum absolute atomic E-state index is 15.1. The monoisotopic (exact) mass is 1540 g/mol. The Morgan fingerprint density at radius 2 is 1.23 bits per heavy atom.